The number of carbonyl (C=O) groups is 3. The molecule has 0 amide bonds. The van der Waals surface area contributed by atoms with Gasteiger partial charge in [-0.3, -0.25) is 14.4 Å². The summed E-state index contributed by atoms with van der Waals surface area (Å²) in [6, 6.07) is 12.0. The minimum absolute atomic E-state index is 0.0172. The standard InChI is InChI=1S/C23H22N4O3S/c1-27(2)20-8-7-19(16-5-3-4-6-17(16)20)25-26-23-24-13-15(31-23)11-14(28)12-18-21(29)9-10-22(18)30/h3-8,13,18H,9-12H2,1-2H3. The molecule has 0 bridgehead atoms. The Kier molecular flexibility index (Phi) is 5.99. The van der Waals surface area contributed by atoms with Crippen LogP contribution in [0.4, 0.5) is 16.5 Å². The minimum atomic E-state index is -0.752. The van der Waals surface area contributed by atoms with Gasteiger partial charge in [0.2, 0.25) is 5.13 Å². The molecule has 4 rings (SSSR count). The molecule has 0 unspecified atom stereocenters. The Bertz CT molecular complexity index is 1180. The molecule has 3 aromatic rings. The Morgan fingerprint density at radius 3 is 2.48 bits per heavy atom. The maximum absolute atomic E-state index is 12.3. The van der Waals surface area contributed by atoms with Gasteiger partial charge in [-0.15, -0.1) is 10.2 Å². The van der Waals surface area contributed by atoms with Gasteiger partial charge in [-0.2, -0.15) is 0 Å². The normalized spacial score (nSPS) is 14.8. The summed E-state index contributed by atoms with van der Waals surface area (Å²) >= 11 is 1.28. The Hall–Kier alpha value is -3.26. The van der Waals surface area contributed by atoms with Gasteiger partial charge in [0.05, 0.1) is 11.6 Å². The van der Waals surface area contributed by atoms with Crippen LogP contribution in [0.5, 0.6) is 0 Å². The molecule has 0 aliphatic heterocycles. The number of Topliss-reactive ketones (excluding diaryl/α,β-unsaturated/α-hetero) is 3. The topological polar surface area (TPSA) is 92.1 Å². The minimum Gasteiger partial charge on any atom is -0.377 e. The average molecular weight is 435 g/mol. The monoisotopic (exact) mass is 434 g/mol. The smallest absolute Gasteiger partial charge is 0.230 e. The van der Waals surface area contributed by atoms with Crippen LogP contribution in [-0.4, -0.2) is 36.4 Å². The number of hydrogen-bond acceptors (Lipinski definition) is 8. The van der Waals surface area contributed by atoms with Crippen molar-refractivity contribution in [1.82, 2.24) is 4.98 Å². The van der Waals surface area contributed by atoms with Gasteiger partial charge in [-0.25, -0.2) is 4.98 Å². The van der Waals surface area contributed by atoms with Gasteiger partial charge in [-0.1, -0.05) is 35.6 Å². The summed E-state index contributed by atoms with van der Waals surface area (Å²) in [5.74, 6) is -1.13. The lowest BCUT2D eigenvalue weighted by Gasteiger charge is -2.16. The molecule has 0 atom stereocenters. The third-order valence-electron chi connectivity index (χ3n) is 5.34. The first kappa shape index (κ1) is 21.0. The second-order valence-corrected chi connectivity index (χ2v) is 8.85. The molecule has 1 heterocycles. The number of fused-ring (bicyclic) bond motifs is 1. The van der Waals surface area contributed by atoms with Crippen molar-refractivity contribution in [3.63, 3.8) is 0 Å². The van der Waals surface area contributed by atoms with Crippen LogP contribution in [0.1, 0.15) is 24.1 Å². The molecule has 1 aliphatic rings. The fourth-order valence-electron chi connectivity index (χ4n) is 3.76. The van der Waals surface area contributed by atoms with Crippen molar-refractivity contribution in [2.75, 3.05) is 19.0 Å². The second kappa shape index (κ2) is 8.85. The lowest BCUT2D eigenvalue weighted by Crippen LogP contribution is -2.19. The number of ketones is 3. The zero-order valence-electron chi connectivity index (χ0n) is 17.4. The lowest BCUT2D eigenvalue weighted by atomic mass is 9.98. The molecular weight excluding hydrogens is 412 g/mol. The van der Waals surface area contributed by atoms with Gasteiger partial charge < -0.3 is 4.90 Å². The van der Waals surface area contributed by atoms with E-state index in [1.807, 2.05) is 44.4 Å². The number of carbonyl (C=O) groups excluding carboxylic acids is 3. The molecule has 2 aromatic carbocycles. The largest absolute Gasteiger partial charge is 0.377 e. The molecule has 158 valence electrons. The van der Waals surface area contributed by atoms with Gasteiger partial charge in [0, 0.05) is 67.3 Å². The Balaban J connectivity index is 1.47. The zero-order valence-corrected chi connectivity index (χ0v) is 18.2. The molecule has 0 spiro atoms. The summed E-state index contributed by atoms with van der Waals surface area (Å²) in [6.45, 7) is 0. The van der Waals surface area contributed by atoms with Crippen molar-refractivity contribution >= 4 is 56.0 Å². The van der Waals surface area contributed by atoms with Crippen molar-refractivity contribution in [3.05, 3.63) is 47.5 Å². The third-order valence-corrected chi connectivity index (χ3v) is 6.22. The van der Waals surface area contributed by atoms with Crippen LogP contribution in [0, 0.1) is 5.92 Å². The molecule has 31 heavy (non-hydrogen) atoms. The maximum atomic E-state index is 12.3. The molecule has 0 N–H and O–H groups in total. The van der Waals surface area contributed by atoms with Crippen LogP contribution in [-0.2, 0) is 20.8 Å². The Morgan fingerprint density at radius 1 is 1.06 bits per heavy atom. The van der Waals surface area contributed by atoms with Crippen LogP contribution in [0.15, 0.2) is 52.8 Å². The van der Waals surface area contributed by atoms with E-state index >= 15 is 0 Å². The summed E-state index contributed by atoms with van der Waals surface area (Å²) in [6.07, 6.45) is 2.24. The predicted molar refractivity (Wildman–Crippen MR) is 121 cm³/mol. The molecular formula is C23H22N4O3S. The summed E-state index contributed by atoms with van der Waals surface area (Å²) in [5.41, 5.74) is 1.84. The van der Waals surface area contributed by atoms with Gasteiger partial charge in [0.1, 0.15) is 17.3 Å². The van der Waals surface area contributed by atoms with Crippen LogP contribution in [0.2, 0.25) is 0 Å². The summed E-state index contributed by atoms with van der Waals surface area (Å²) in [7, 11) is 4.00. The van der Waals surface area contributed by atoms with Gasteiger partial charge in [-0.05, 0) is 12.1 Å². The van der Waals surface area contributed by atoms with Gasteiger partial charge in [0.25, 0.3) is 0 Å². The summed E-state index contributed by atoms with van der Waals surface area (Å²) in [4.78, 5) is 42.8. The number of azo groups is 1. The molecule has 0 radical (unpaired) electrons. The molecule has 8 heteroatoms. The molecule has 1 aliphatic carbocycles. The Labute approximate surface area is 183 Å². The number of anilines is 1. The zero-order chi connectivity index (χ0) is 22.0. The van der Waals surface area contributed by atoms with Crippen LogP contribution >= 0.6 is 11.3 Å². The first-order chi connectivity index (χ1) is 14.9. The molecule has 1 fully saturated rings. The lowest BCUT2D eigenvalue weighted by molar-refractivity contribution is -0.131. The average Bonchev–Trinajstić information content (AvgIpc) is 3.33. The summed E-state index contributed by atoms with van der Waals surface area (Å²) < 4.78 is 0. The highest BCUT2D eigenvalue weighted by Gasteiger charge is 2.34. The first-order valence-electron chi connectivity index (χ1n) is 10.0. The highest BCUT2D eigenvalue weighted by molar-refractivity contribution is 7.15. The fraction of sp³-hybridized carbons (Fsp3) is 0.304. The second-order valence-electron chi connectivity index (χ2n) is 7.76. The van der Waals surface area contributed by atoms with E-state index in [4.69, 9.17) is 0 Å². The quantitative estimate of drug-likeness (QED) is 0.392. The number of nitrogens with zero attached hydrogens (tertiary/aromatic N) is 4. The van der Waals surface area contributed by atoms with E-state index in [1.165, 1.54) is 11.3 Å². The number of thiazole rings is 1. The van der Waals surface area contributed by atoms with Gasteiger partial charge in [0.15, 0.2) is 0 Å². The highest BCUT2D eigenvalue weighted by Crippen LogP contribution is 2.34. The maximum Gasteiger partial charge on any atom is 0.230 e. The SMILES string of the molecule is CN(C)c1ccc(N=Nc2ncc(CC(=O)CC3C(=O)CCC3=O)s2)c2ccccc12. The predicted octanol–water partition coefficient (Wildman–Crippen LogP) is 4.83. The van der Waals surface area contributed by atoms with E-state index in [0.717, 1.165) is 27.0 Å². The van der Waals surface area contributed by atoms with E-state index in [1.54, 1.807) is 6.20 Å². The van der Waals surface area contributed by atoms with Crippen molar-refractivity contribution in [3.8, 4) is 0 Å². The van der Waals surface area contributed by atoms with Crippen molar-refractivity contribution < 1.29 is 14.4 Å². The first-order valence-corrected chi connectivity index (χ1v) is 10.9. The van der Waals surface area contributed by atoms with Crippen LogP contribution < -0.4 is 4.90 Å². The number of benzene rings is 2. The molecule has 1 aromatic heterocycles. The highest BCUT2D eigenvalue weighted by atomic mass is 32.1. The van der Waals surface area contributed by atoms with E-state index in [2.05, 4.69) is 26.2 Å². The van der Waals surface area contributed by atoms with Crippen molar-refractivity contribution in [2.45, 2.75) is 25.7 Å². The third kappa shape index (κ3) is 4.59. The van der Waals surface area contributed by atoms with E-state index in [9.17, 15) is 14.4 Å². The molecule has 1 saturated carbocycles. The van der Waals surface area contributed by atoms with Gasteiger partial charge >= 0.3 is 0 Å². The van der Waals surface area contributed by atoms with E-state index in [0.29, 0.717) is 5.13 Å². The van der Waals surface area contributed by atoms with E-state index < -0.39 is 5.92 Å². The number of aromatic nitrogens is 1. The fourth-order valence-corrected chi connectivity index (χ4v) is 4.52. The van der Waals surface area contributed by atoms with E-state index in [-0.39, 0.29) is 43.0 Å². The van der Waals surface area contributed by atoms with Crippen molar-refractivity contribution in [2.24, 2.45) is 16.1 Å². The van der Waals surface area contributed by atoms with Crippen LogP contribution in [0.3, 0.4) is 0 Å². The van der Waals surface area contributed by atoms with Crippen LogP contribution in [0.25, 0.3) is 10.8 Å². The summed E-state index contributed by atoms with van der Waals surface area (Å²) in [5, 5.41) is 11.2. The Morgan fingerprint density at radius 2 is 1.77 bits per heavy atom. The van der Waals surface area contributed by atoms with Crippen molar-refractivity contribution in [1.29, 1.82) is 0 Å². The number of rotatable bonds is 7. The molecule has 0 saturated heterocycles. The molecule has 7 nitrogen and oxygen atoms in total. The number of hydrogen-bond donors (Lipinski definition) is 0.